The predicted molar refractivity (Wildman–Crippen MR) is 52.5 cm³/mol. The highest BCUT2D eigenvalue weighted by atomic mass is 16.1. The highest BCUT2D eigenvalue weighted by Gasteiger charge is 2.06. The summed E-state index contributed by atoms with van der Waals surface area (Å²) in [7, 11) is 1.50. The molecule has 2 heterocycles. The minimum Gasteiger partial charge on any atom is -0.333 e. The Kier molecular flexibility index (Phi) is 3.67. The Bertz CT molecular complexity index is 319. The second-order valence-corrected chi connectivity index (χ2v) is 2.68. The van der Waals surface area contributed by atoms with Crippen LogP contribution < -0.4 is 16.6 Å². The molecule has 0 radical (unpaired) electrons. The van der Waals surface area contributed by atoms with Gasteiger partial charge in [-0.15, -0.1) is 0 Å². The Balaban J connectivity index is 0.000000396. The fraction of sp³-hybridized carbons (Fsp3) is 0.444. The van der Waals surface area contributed by atoms with Gasteiger partial charge in [0.05, 0.1) is 0 Å². The molecule has 72 valence electrons. The summed E-state index contributed by atoms with van der Waals surface area (Å²) < 4.78 is 1.82. The van der Waals surface area contributed by atoms with E-state index in [9.17, 15) is 4.79 Å². The van der Waals surface area contributed by atoms with Gasteiger partial charge in [0.2, 0.25) is 0 Å². The van der Waals surface area contributed by atoms with E-state index in [0.717, 1.165) is 25.3 Å². The lowest BCUT2D eigenvalue weighted by Gasteiger charge is -2.18. The number of hydrogen-bond donors (Lipinski definition) is 2. The average Bonchev–Trinajstić information content (AvgIpc) is 2.22. The lowest BCUT2D eigenvalue weighted by atomic mass is 10.3. The number of aromatic nitrogens is 1. The third-order valence-electron chi connectivity index (χ3n) is 1.96. The Hall–Kier alpha value is -1.13. The smallest absolute Gasteiger partial charge is 0.250 e. The number of fused-ring (bicyclic) bond motifs is 1. The van der Waals surface area contributed by atoms with Crippen LogP contribution in [0.3, 0.4) is 0 Å². The van der Waals surface area contributed by atoms with Crippen LogP contribution >= 0.6 is 0 Å². The SMILES string of the molecule is CN.O=c1cccc2n1CCNC2. The monoisotopic (exact) mass is 181 g/mol. The molecule has 0 bridgehead atoms. The van der Waals surface area contributed by atoms with Gasteiger partial charge in [-0.25, -0.2) is 0 Å². The van der Waals surface area contributed by atoms with Crippen LogP contribution in [0.4, 0.5) is 0 Å². The molecule has 0 spiro atoms. The molecule has 0 amide bonds. The Morgan fingerprint density at radius 2 is 2.23 bits per heavy atom. The van der Waals surface area contributed by atoms with Crippen LogP contribution in [0.2, 0.25) is 0 Å². The first-order valence-electron chi connectivity index (χ1n) is 4.35. The zero-order valence-electron chi connectivity index (χ0n) is 7.79. The first-order chi connectivity index (χ1) is 6.38. The van der Waals surface area contributed by atoms with E-state index in [0.29, 0.717) is 0 Å². The molecular formula is C9H15N3O. The summed E-state index contributed by atoms with van der Waals surface area (Å²) in [5.74, 6) is 0. The number of nitrogens with two attached hydrogens (primary N) is 1. The minimum absolute atomic E-state index is 0.115. The van der Waals surface area contributed by atoms with E-state index in [1.165, 1.54) is 7.05 Å². The maximum atomic E-state index is 11.2. The van der Waals surface area contributed by atoms with Gasteiger partial charge < -0.3 is 15.6 Å². The van der Waals surface area contributed by atoms with Gasteiger partial charge in [0, 0.05) is 31.4 Å². The van der Waals surface area contributed by atoms with Crippen molar-refractivity contribution < 1.29 is 0 Å². The van der Waals surface area contributed by atoms with Gasteiger partial charge in [-0.2, -0.15) is 0 Å². The molecule has 1 aromatic rings. The fourth-order valence-corrected chi connectivity index (χ4v) is 1.38. The molecule has 1 aromatic heterocycles. The molecule has 0 saturated heterocycles. The highest BCUT2D eigenvalue weighted by molar-refractivity contribution is 5.07. The molecule has 0 aromatic carbocycles. The van der Waals surface area contributed by atoms with Crippen molar-refractivity contribution >= 4 is 0 Å². The lowest BCUT2D eigenvalue weighted by molar-refractivity contribution is 0.499. The second kappa shape index (κ2) is 4.79. The summed E-state index contributed by atoms with van der Waals surface area (Å²) in [4.78, 5) is 11.2. The molecule has 0 fully saturated rings. The average molecular weight is 181 g/mol. The van der Waals surface area contributed by atoms with Gasteiger partial charge in [-0.3, -0.25) is 4.79 Å². The molecule has 0 atom stereocenters. The quantitative estimate of drug-likeness (QED) is 0.568. The maximum Gasteiger partial charge on any atom is 0.250 e. The van der Waals surface area contributed by atoms with E-state index >= 15 is 0 Å². The molecule has 13 heavy (non-hydrogen) atoms. The number of hydrogen-bond acceptors (Lipinski definition) is 3. The van der Waals surface area contributed by atoms with Crippen molar-refractivity contribution in [3.05, 3.63) is 34.2 Å². The molecule has 4 heteroatoms. The largest absolute Gasteiger partial charge is 0.333 e. The fourth-order valence-electron chi connectivity index (χ4n) is 1.38. The summed E-state index contributed by atoms with van der Waals surface area (Å²) in [6, 6.07) is 5.39. The van der Waals surface area contributed by atoms with Crippen molar-refractivity contribution in [1.29, 1.82) is 0 Å². The molecule has 2 rings (SSSR count). The van der Waals surface area contributed by atoms with E-state index in [-0.39, 0.29) is 5.56 Å². The molecule has 0 aliphatic carbocycles. The maximum absolute atomic E-state index is 11.2. The van der Waals surface area contributed by atoms with Crippen molar-refractivity contribution in [2.45, 2.75) is 13.1 Å². The summed E-state index contributed by atoms with van der Waals surface area (Å²) in [6.07, 6.45) is 0. The van der Waals surface area contributed by atoms with E-state index in [1.807, 2.05) is 10.6 Å². The minimum atomic E-state index is 0.115. The van der Waals surface area contributed by atoms with Crippen LogP contribution in [0.15, 0.2) is 23.0 Å². The van der Waals surface area contributed by atoms with Gasteiger partial charge in [0.25, 0.3) is 5.56 Å². The standard InChI is InChI=1S/C8H10N2O.CH5N/c11-8-3-1-2-7-6-9-4-5-10(7)8;1-2/h1-3,9H,4-6H2;2H2,1H3. The summed E-state index contributed by atoms with van der Waals surface area (Å²) in [5.41, 5.74) is 5.70. The molecule has 1 aliphatic rings. The van der Waals surface area contributed by atoms with Crippen LogP contribution in [-0.2, 0) is 13.1 Å². The van der Waals surface area contributed by atoms with E-state index in [4.69, 9.17) is 0 Å². The lowest BCUT2D eigenvalue weighted by Crippen LogP contribution is -2.35. The number of nitrogens with one attached hydrogen (secondary N) is 1. The van der Waals surface area contributed by atoms with E-state index < -0.39 is 0 Å². The third-order valence-corrected chi connectivity index (χ3v) is 1.96. The zero-order chi connectivity index (χ0) is 9.68. The first-order valence-corrected chi connectivity index (χ1v) is 4.35. The molecular weight excluding hydrogens is 166 g/mol. The van der Waals surface area contributed by atoms with Crippen LogP contribution in [0, 0.1) is 0 Å². The highest BCUT2D eigenvalue weighted by Crippen LogP contribution is 1.99. The second-order valence-electron chi connectivity index (χ2n) is 2.68. The van der Waals surface area contributed by atoms with Crippen LogP contribution in [-0.4, -0.2) is 18.2 Å². The normalized spacial score (nSPS) is 14.0. The van der Waals surface area contributed by atoms with Crippen molar-refractivity contribution in [3.8, 4) is 0 Å². The Labute approximate surface area is 77.4 Å². The molecule has 0 unspecified atom stereocenters. The van der Waals surface area contributed by atoms with Crippen LogP contribution in [0.25, 0.3) is 0 Å². The molecule has 0 saturated carbocycles. The number of rotatable bonds is 0. The van der Waals surface area contributed by atoms with Gasteiger partial charge in [-0.05, 0) is 13.1 Å². The Morgan fingerprint density at radius 1 is 1.46 bits per heavy atom. The van der Waals surface area contributed by atoms with Crippen LogP contribution in [0.5, 0.6) is 0 Å². The Morgan fingerprint density at radius 3 is 2.92 bits per heavy atom. The van der Waals surface area contributed by atoms with Gasteiger partial charge >= 0.3 is 0 Å². The predicted octanol–water partition coefficient (Wildman–Crippen LogP) is -0.474. The van der Waals surface area contributed by atoms with E-state index in [1.54, 1.807) is 12.1 Å². The molecule has 3 N–H and O–H groups in total. The van der Waals surface area contributed by atoms with Crippen LogP contribution in [0.1, 0.15) is 5.69 Å². The van der Waals surface area contributed by atoms with Gasteiger partial charge in [0.1, 0.15) is 0 Å². The topological polar surface area (TPSA) is 60.1 Å². The molecule has 1 aliphatic heterocycles. The van der Waals surface area contributed by atoms with Crippen molar-refractivity contribution in [2.75, 3.05) is 13.6 Å². The van der Waals surface area contributed by atoms with Gasteiger partial charge in [-0.1, -0.05) is 6.07 Å². The zero-order valence-corrected chi connectivity index (χ0v) is 7.79. The molecule has 4 nitrogen and oxygen atoms in total. The first kappa shape index (κ1) is 9.95. The van der Waals surface area contributed by atoms with Crippen molar-refractivity contribution in [1.82, 2.24) is 9.88 Å². The summed E-state index contributed by atoms with van der Waals surface area (Å²) in [6.45, 7) is 2.52. The van der Waals surface area contributed by atoms with Crippen molar-refractivity contribution in [2.24, 2.45) is 5.73 Å². The summed E-state index contributed by atoms with van der Waals surface area (Å²) >= 11 is 0. The number of nitrogens with zero attached hydrogens (tertiary/aromatic N) is 1. The van der Waals surface area contributed by atoms with Crippen molar-refractivity contribution in [3.63, 3.8) is 0 Å². The summed E-state index contributed by atoms with van der Waals surface area (Å²) in [5, 5.41) is 3.21. The third kappa shape index (κ3) is 2.17. The van der Waals surface area contributed by atoms with Gasteiger partial charge in [0.15, 0.2) is 0 Å². The van der Waals surface area contributed by atoms with E-state index in [2.05, 4.69) is 11.1 Å². The number of pyridine rings is 1.